The van der Waals surface area contributed by atoms with Crippen LogP contribution in [0.4, 0.5) is 5.69 Å². The van der Waals surface area contributed by atoms with Gasteiger partial charge >= 0.3 is 5.97 Å². The van der Waals surface area contributed by atoms with Crippen molar-refractivity contribution in [3.05, 3.63) is 43.0 Å². The molecule has 1 aliphatic heterocycles. The van der Waals surface area contributed by atoms with Crippen molar-refractivity contribution < 1.29 is 14.6 Å². The minimum absolute atomic E-state index is 0.214. The summed E-state index contributed by atoms with van der Waals surface area (Å²) in [5.41, 5.74) is 1.05. The Hall–Kier alpha value is -1.05. The van der Waals surface area contributed by atoms with Crippen LogP contribution in [0, 0.1) is 0 Å². The van der Waals surface area contributed by atoms with Crippen molar-refractivity contribution in [2.75, 3.05) is 18.1 Å². The van der Waals surface area contributed by atoms with Crippen molar-refractivity contribution in [1.82, 2.24) is 0 Å². The highest BCUT2D eigenvalue weighted by Crippen LogP contribution is 2.38. The summed E-state index contributed by atoms with van der Waals surface area (Å²) in [6.45, 7) is 1.96. The number of rotatable bonds is 3. The first-order chi connectivity index (χ1) is 10.1. The average Bonchev–Trinajstić information content (AvgIpc) is 2.77. The van der Waals surface area contributed by atoms with Gasteiger partial charge in [-0.05, 0) is 50.1 Å². The Morgan fingerprint density at radius 3 is 2.90 bits per heavy atom. The highest BCUT2D eigenvalue weighted by atomic mass is 79.9. The van der Waals surface area contributed by atoms with Gasteiger partial charge in [0.05, 0.1) is 22.6 Å². The fraction of sp³-hybridized carbons (Fsp3) is 0.214. The Labute approximate surface area is 142 Å². The van der Waals surface area contributed by atoms with Crippen LogP contribution < -0.4 is 9.64 Å². The molecule has 1 aromatic heterocycles. The second-order valence-corrected chi connectivity index (χ2v) is 7.87. The van der Waals surface area contributed by atoms with Gasteiger partial charge in [-0.1, -0.05) is 6.07 Å². The third-order valence-corrected chi connectivity index (χ3v) is 6.46. The van der Waals surface area contributed by atoms with Gasteiger partial charge in [-0.15, -0.1) is 11.3 Å². The van der Waals surface area contributed by atoms with Gasteiger partial charge in [-0.25, -0.2) is 4.79 Å². The summed E-state index contributed by atoms with van der Waals surface area (Å²) in [6, 6.07) is 7.30. The highest BCUT2D eigenvalue weighted by Gasteiger charge is 2.24. The molecular formula is C14H11Br2NO3S. The second kappa shape index (κ2) is 5.98. The Bertz CT molecular complexity index is 682. The number of aromatic carboxylic acids is 1. The van der Waals surface area contributed by atoms with E-state index in [1.165, 1.54) is 4.88 Å². The smallest absolute Gasteiger partial charge is 0.339 e. The maximum atomic E-state index is 11.3. The van der Waals surface area contributed by atoms with E-state index >= 15 is 0 Å². The van der Waals surface area contributed by atoms with Crippen LogP contribution in [0.5, 0.6) is 5.75 Å². The molecule has 0 bridgehead atoms. The molecule has 21 heavy (non-hydrogen) atoms. The van der Waals surface area contributed by atoms with Crippen LogP contribution >= 0.6 is 43.2 Å². The molecule has 0 atom stereocenters. The van der Waals surface area contributed by atoms with Crippen molar-refractivity contribution in [2.24, 2.45) is 0 Å². The lowest BCUT2D eigenvalue weighted by Crippen LogP contribution is -2.32. The van der Waals surface area contributed by atoms with Gasteiger partial charge in [0.2, 0.25) is 0 Å². The van der Waals surface area contributed by atoms with E-state index in [0.29, 0.717) is 12.4 Å². The van der Waals surface area contributed by atoms with Crippen LogP contribution in [-0.2, 0) is 6.54 Å². The Morgan fingerprint density at radius 1 is 1.43 bits per heavy atom. The zero-order valence-electron chi connectivity index (χ0n) is 10.8. The molecule has 2 aromatic rings. The number of fused-ring (bicyclic) bond motifs is 1. The third kappa shape index (κ3) is 2.95. The number of para-hydroxylation sites is 1. The highest BCUT2D eigenvalue weighted by molar-refractivity contribution is 9.13. The summed E-state index contributed by atoms with van der Waals surface area (Å²) >= 11 is 8.64. The van der Waals surface area contributed by atoms with E-state index in [9.17, 15) is 9.90 Å². The summed E-state index contributed by atoms with van der Waals surface area (Å²) in [5.74, 6) is -0.499. The van der Waals surface area contributed by atoms with Crippen molar-refractivity contribution in [1.29, 1.82) is 0 Å². The molecule has 3 rings (SSSR count). The van der Waals surface area contributed by atoms with Gasteiger partial charge in [-0.3, -0.25) is 0 Å². The average molecular weight is 433 g/mol. The van der Waals surface area contributed by atoms with Crippen molar-refractivity contribution >= 4 is 54.9 Å². The molecule has 0 spiro atoms. The fourth-order valence-corrected chi connectivity index (χ4v) is 4.49. The van der Waals surface area contributed by atoms with E-state index < -0.39 is 5.97 Å². The van der Waals surface area contributed by atoms with Crippen LogP contribution in [-0.4, -0.2) is 24.2 Å². The molecule has 0 saturated carbocycles. The minimum atomic E-state index is -0.963. The molecule has 0 unspecified atom stereocenters. The first kappa shape index (κ1) is 14.9. The number of thiophene rings is 1. The number of hydrogen-bond acceptors (Lipinski definition) is 4. The lowest BCUT2D eigenvalue weighted by molar-refractivity contribution is 0.0692. The number of anilines is 1. The molecule has 1 aromatic carbocycles. The molecule has 1 N–H and O–H groups in total. The van der Waals surface area contributed by atoms with E-state index in [-0.39, 0.29) is 5.56 Å². The number of ether oxygens (including phenoxy) is 1. The van der Waals surface area contributed by atoms with Crippen LogP contribution in [0.25, 0.3) is 0 Å². The normalized spacial score (nSPS) is 13.7. The van der Waals surface area contributed by atoms with Gasteiger partial charge < -0.3 is 14.7 Å². The van der Waals surface area contributed by atoms with Crippen molar-refractivity contribution in [3.8, 4) is 5.75 Å². The van der Waals surface area contributed by atoms with E-state index in [1.807, 2.05) is 6.07 Å². The molecule has 110 valence electrons. The van der Waals surface area contributed by atoms with Crippen LogP contribution in [0.2, 0.25) is 0 Å². The zero-order valence-corrected chi connectivity index (χ0v) is 14.8. The number of hydrogen-bond donors (Lipinski definition) is 1. The Balaban J connectivity index is 1.93. The van der Waals surface area contributed by atoms with Crippen LogP contribution in [0.1, 0.15) is 15.2 Å². The van der Waals surface area contributed by atoms with E-state index in [0.717, 1.165) is 27.0 Å². The molecule has 2 heterocycles. The van der Waals surface area contributed by atoms with Gasteiger partial charge in [0.25, 0.3) is 0 Å². The van der Waals surface area contributed by atoms with E-state index in [4.69, 9.17) is 4.74 Å². The van der Waals surface area contributed by atoms with Gasteiger partial charge in [-0.2, -0.15) is 0 Å². The topological polar surface area (TPSA) is 49.8 Å². The molecule has 0 fully saturated rings. The third-order valence-electron chi connectivity index (χ3n) is 3.22. The van der Waals surface area contributed by atoms with Crippen molar-refractivity contribution in [2.45, 2.75) is 6.54 Å². The number of carboxylic acids is 1. The van der Waals surface area contributed by atoms with Crippen LogP contribution in [0.3, 0.4) is 0 Å². The molecule has 0 amide bonds. The molecular weight excluding hydrogens is 422 g/mol. The summed E-state index contributed by atoms with van der Waals surface area (Å²) in [6.07, 6.45) is 0. The molecule has 1 aliphatic rings. The Morgan fingerprint density at radius 2 is 2.24 bits per heavy atom. The van der Waals surface area contributed by atoms with Crippen LogP contribution in [0.15, 0.2) is 32.5 Å². The number of halogens is 2. The summed E-state index contributed by atoms with van der Waals surface area (Å²) in [4.78, 5) is 14.6. The van der Waals surface area contributed by atoms with Gasteiger partial charge in [0.1, 0.15) is 12.2 Å². The number of nitrogens with zero attached hydrogens (tertiary/aromatic N) is 1. The number of carbonyl (C=O) groups is 1. The zero-order chi connectivity index (χ0) is 15.0. The standard InChI is InChI=1S/C14H11Br2NO3S/c15-10-6-8(21-13(10)16)7-17-4-5-20-12-9(14(18)19)2-1-3-11(12)17/h1-3,6H,4-5,7H2,(H,18,19). The van der Waals surface area contributed by atoms with Crippen molar-refractivity contribution in [3.63, 3.8) is 0 Å². The largest absolute Gasteiger partial charge is 0.489 e. The fourth-order valence-electron chi connectivity index (χ4n) is 2.29. The number of benzene rings is 1. The monoisotopic (exact) mass is 431 g/mol. The van der Waals surface area contributed by atoms with Gasteiger partial charge in [0, 0.05) is 9.35 Å². The predicted molar refractivity (Wildman–Crippen MR) is 89.7 cm³/mol. The van der Waals surface area contributed by atoms with E-state index in [2.05, 4.69) is 42.8 Å². The van der Waals surface area contributed by atoms with E-state index in [1.54, 1.807) is 23.5 Å². The molecule has 7 heteroatoms. The maximum absolute atomic E-state index is 11.3. The number of carboxylic acid groups (broad SMARTS) is 1. The first-order valence-corrected chi connectivity index (χ1v) is 8.64. The second-order valence-electron chi connectivity index (χ2n) is 4.56. The molecule has 0 aliphatic carbocycles. The SMILES string of the molecule is O=C(O)c1cccc2c1OCCN2Cc1cc(Br)c(Br)s1. The minimum Gasteiger partial charge on any atom is -0.489 e. The summed E-state index contributed by atoms with van der Waals surface area (Å²) < 4.78 is 7.67. The predicted octanol–water partition coefficient (Wildman–Crippen LogP) is 4.37. The molecule has 0 radical (unpaired) electrons. The summed E-state index contributed by atoms with van der Waals surface area (Å²) in [5, 5.41) is 9.25. The summed E-state index contributed by atoms with van der Waals surface area (Å²) in [7, 11) is 0. The molecule has 0 saturated heterocycles. The lowest BCUT2D eigenvalue weighted by atomic mass is 10.1. The van der Waals surface area contributed by atoms with Gasteiger partial charge in [0.15, 0.2) is 5.75 Å². The quantitative estimate of drug-likeness (QED) is 0.782. The first-order valence-electron chi connectivity index (χ1n) is 6.24. The molecule has 4 nitrogen and oxygen atoms in total. The maximum Gasteiger partial charge on any atom is 0.339 e. The lowest BCUT2D eigenvalue weighted by Gasteiger charge is -2.31. The Kier molecular flexibility index (Phi) is 4.24.